The maximum atomic E-state index is 14.9. The zero-order chi connectivity index (χ0) is 46.4. The molecular formula is C44H44O20. The van der Waals surface area contributed by atoms with Crippen molar-refractivity contribution in [2.45, 2.75) is 111 Å². The summed E-state index contributed by atoms with van der Waals surface area (Å²) in [6.07, 6.45) is -14.7. The first-order chi connectivity index (χ1) is 30.1. The number of benzene rings is 2. The van der Waals surface area contributed by atoms with Gasteiger partial charge in [-0.1, -0.05) is 26.7 Å². The number of ether oxygens (including phenoxy) is 3. The number of aliphatic hydroxyl groups excluding tert-OH is 8. The first-order valence-corrected chi connectivity index (χ1v) is 20.8. The highest BCUT2D eigenvalue weighted by molar-refractivity contribution is 6.20. The summed E-state index contributed by atoms with van der Waals surface area (Å²) in [5, 5.41) is 133. The van der Waals surface area contributed by atoms with Gasteiger partial charge in [-0.3, -0.25) is 19.2 Å². The molecule has 0 amide bonds. The molecule has 13 unspecified atom stereocenters. The monoisotopic (exact) mass is 892 g/mol. The number of hydrogen-bond donors (Lipinski definition) is 12. The molecule has 10 rings (SSSR count). The average Bonchev–Trinajstić information content (AvgIpc) is 3.73. The van der Waals surface area contributed by atoms with Crippen LogP contribution in [0, 0.1) is 22.3 Å². The van der Waals surface area contributed by atoms with Crippen LogP contribution >= 0.6 is 0 Å². The largest absolute Gasteiger partial charge is 0.508 e. The highest BCUT2D eigenvalue weighted by atomic mass is 16.6. The first kappa shape index (κ1) is 42.7. The Bertz CT molecular complexity index is 3360. The first-order valence-electron chi connectivity index (χ1n) is 20.8. The smallest absolute Gasteiger partial charge is 0.233 e. The molecule has 1 aromatic heterocycles. The molecule has 2 aromatic carbocycles. The molecule has 1 saturated heterocycles. The normalized spacial score (nSPS) is 36.5. The highest BCUT2D eigenvalue weighted by Crippen LogP contribution is 2.64. The van der Waals surface area contributed by atoms with Crippen molar-refractivity contribution in [1.29, 1.82) is 0 Å². The van der Waals surface area contributed by atoms with Crippen molar-refractivity contribution in [2.24, 2.45) is 11.8 Å². The molecule has 1 aliphatic heterocycles. The molecule has 340 valence electrons. The zero-order valence-corrected chi connectivity index (χ0v) is 34.4. The number of furan rings is 1. The summed E-state index contributed by atoms with van der Waals surface area (Å²) in [5.74, 6) is -7.31. The predicted octanol–water partition coefficient (Wildman–Crippen LogP) is -3.57. The van der Waals surface area contributed by atoms with Crippen LogP contribution in [0.2, 0.25) is 0 Å². The minimum Gasteiger partial charge on any atom is -0.508 e. The molecule has 7 aliphatic rings. The zero-order valence-electron chi connectivity index (χ0n) is 34.4. The number of methoxy groups -OCH3 is 2. The standard InChI is InChI=1S/C44H44O20/c1-5-7-41(58)39(56)30(52)23(45)13-10-11-9-12-15(24(46)14(11)37(54)43(13,41)59)33-21(36(62-4)32(12)61-3)19-25(47)16-17(28(50)35(19)63-33)26(48)18-20(27(16)49)38(55)44(60)22-29(51)31(53)40(57)42(44,8-6-2)64-34(18)22/h9,13,22-23,29-31,34,39-40,45,48,51-60H,5-8,10H2,1-4H3. The van der Waals surface area contributed by atoms with Gasteiger partial charge in [-0.15, -0.1) is 0 Å². The van der Waals surface area contributed by atoms with Gasteiger partial charge in [-0.25, -0.2) is 0 Å². The molecule has 3 aromatic rings. The Morgan fingerprint density at radius 2 is 1.27 bits per heavy atom. The minimum atomic E-state index is -2.92. The van der Waals surface area contributed by atoms with E-state index in [1.807, 2.05) is 0 Å². The third-order valence-electron chi connectivity index (χ3n) is 15.2. The fraction of sp³-hybridized carbons (Fsp3) is 0.500. The lowest BCUT2D eigenvalue weighted by Crippen LogP contribution is -2.77. The maximum Gasteiger partial charge on any atom is 0.233 e. The van der Waals surface area contributed by atoms with Gasteiger partial charge in [-0.2, -0.15) is 0 Å². The van der Waals surface area contributed by atoms with E-state index in [4.69, 9.17) is 18.6 Å². The molecule has 2 saturated carbocycles. The van der Waals surface area contributed by atoms with E-state index in [-0.39, 0.29) is 41.7 Å². The van der Waals surface area contributed by atoms with Crippen LogP contribution in [0.3, 0.4) is 0 Å². The molecule has 20 nitrogen and oxygen atoms in total. The second-order valence-corrected chi connectivity index (χ2v) is 17.9. The molecule has 4 bridgehead atoms. The molecule has 12 N–H and O–H groups in total. The van der Waals surface area contributed by atoms with Gasteiger partial charge in [0.1, 0.15) is 52.9 Å². The summed E-state index contributed by atoms with van der Waals surface area (Å²) in [4.78, 5) is 59.2. The Hall–Kier alpha value is -5.26. The lowest BCUT2D eigenvalue weighted by atomic mass is 9.56. The molecule has 2 heterocycles. The van der Waals surface area contributed by atoms with E-state index in [0.717, 1.165) is 7.11 Å². The van der Waals surface area contributed by atoms with Crippen LogP contribution in [-0.2, 0) is 11.2 Å². The number of hydrogen-bond acceptors (Lipinski definition) is 20. The lowest BCUT2D eigenvalue weighted by molar-refractivity contribution is -0.286. The Morgan fingerprint density at radius 3 is 1.89 bits per heavy atom. The quantitative estimate of drug-likeness (QED) is 0.0785. The van der Waals surface area contributed by atoms with Crippen LogP contribution < -0.4 is 41.6 Å². The van der Waals surface area contributed by atoms with Crippen molar-refractivity contribution in [3.05, 3.63) is 79.0 Å². The summed E-state index contributed by atoms with van der Waals surface area (Å²) >= 11 is 0. The van der Waals surface area contributed by atoms with E-state index in [2.05, 4.69) is 0 Å². The lowest BCUT2D eigenvalue weighted by Gasteiger charge is -2.57. The van der Waals surface area contributed by atoms with Crippen molar-refractivity contribution >= 4 is 44.2 Å². The molecule has 20 heteroatoms. The molecule has 64 heavy (non-hydrogen) atoms. The third kappa shape index (κ3) is 4.33. The van der Waals surface area contributed by atoms with Crippen molar-refractivity contribution in [3.8, 4) is 17.2 Å². The molecular weight excluding hydrogens is 848 g/mol. The predicted molar refractivity (Wildman–Crippen MR) is 218 cm³/mol. The molecule has 6 aliphatic carbocycles. The van der Waals surface area contributed by atoms with Crippen molar-refractivity contribution in [1.82, 2.24) is 0 Å². The van der Waals surface area contributed by atoms with Gasteiger partial charge in [0, 0.05) is 16.9 Å². The second-order valence-electron chi connectivity index (χ2n) is 17.9. The van der Waals surface area contributed by atoms with Gasteiger partial charge in [-0.05, 0) is 30.9 Å². The van der Waals surface area contributed by atoms with Gasteiger partial charge in [0.2, 0.25) is 21.7 Å². The molecule has 3 fully saturated rings. The maximum absolute atomic E-state index is 14.9. The third-order valence-corrected chi connectivity index (χ3v) is 15.2. The van der Waals surface area contributed by atoms with E-state index < -0.39 is 183 Å². The number of rotatable bonds is 6. The van der Waals surface area contributed by atoms with E-state index in [0.29, 0.717) is 0 Å². The van der Waals surface area contributed by atoms with E-state index in [1.54, 1.807) is 13.8 Å². The van der Waals surface area contributed by atoms with Crippen LogP contribution in [-0.4, -0.2) is 135 Å². The van der Waals surface area contributed by atoms with Crippen LogP contribution in [0.25, 0.3) is 44.2 Å². The number of aromatic hydroxyl groups is 1. The molecule has 0 radical (unpaired) electrons. The van der Waals surface area contributed by atoms with Gasteiger partial charge in [0.15, 0.2) is 33.9 Å². The van der Waals surface area contributed by atoms with Crippen LogP contribution in [0.15, 0.2) is 29.7 Å². The van der Waals surface area contributed by atoms with Gasteiger partial charge in [0.05, 0.1) is 75.5 Å². The van der Waals surface area contributed by atoms with Crippen molar-refractivity contribution in [3.63, 3.8) is 0 Å². The van der Waals surface area contributed by atoms with Crippen LogP contribution in [0.4, 0.5) is 0 Å². The average molecular weight is 893 g/mol. The second kappa shape index (κ2) is 13.2. The molecule has 0 spiro atoms. The Balaban J connectivity index is 1.35. The highest BCUT2D eigenvalue weighted by Gasteiger charge is 2.78. The fourth-order valence-corrected chi connectivity index (χ4v) is 12.4. The summed E-state index contributed by atoms with van der Waals surface area (Å²) in [5.41, 5.74) is -17.8. The minimum absolute atomic E-state index is 0.0298. The number of aliphatic hydroxyl groups is 11. The van der Waals surface area contributed by atoms with Gasteiger partial charge >= 0.3 is 0 Å². The Morgan fingerprint density at radius 1 is 0.656 bits per heavy atom. The number of fused-ring (bicyclic) bond motifs is 9. The summed E-state index contributed by atoms with van der Waals surface area (Å²) in [6.45, 7) is 3.21. The molecule has 13 atom stereocenters. The van der Waals surface area contributed by atoms with Gasteiger partial charge in [0.25, 0.3) is 0 Å². The Labute approximate surface area is 356 Å². The van der Waals surface area contributed by atoms with E-state index in [9.17, 15) is 80.5 Å². The van der Waals surface area contributed by atoms with Gasteiger partial charge < -0.3 is 79.9 Å². The summed E-state index contributed by atoms with van der Waals surface area (Å²) in [6, 6.07) is 1.31. The van der Waals surface area contributed by atoms with E-state index in [1.165, 1.54) is 13.2 Å². The SMILES string of the molecule is CCCC1(O)C(O)C(O)C(O)C2Cc3cc4c(OC)c(OC)c5c(oc6c(=O)c7c(O)c8c(c(=O)c=7c(=O)c65)=C(O)C5(O)C6C8OC5(CCC)C(O)C(O)C6O)c4c(=O)c3=C(O)C21O. The topological polar surface area (TPSA) is 352 Å². The van der Waals surface area contributed by atoms with Crippen molar-refractivity contribution < 1.29 is 79.9 Å². The summed E-state index contributed by atoms with van der Waals surface area (Å²) < 4.78 is 23.7. The van der Waals surface area contributed by atoms with E-state index >= 15 is 0 Å². The van der Waals surface area contributed by atoms with Crippen LogP contribution in [0.5, 0.6) is 17.2 Å². The summed E-state index contributed by atoms with van der Waals surface area (Å²) in [7, 11) is 2.32. The Kier molecular flexibility index (Phi) is 8.79. The van der Waals surface area contributed by atoms with Crippen LogP contribution in [0.1, 0.15) is 56.8 Å². The van der Waals surface area contributed by atoms with Crippen molar-refractivity contribution in [2.75, 3.05) is 14.2 Å². The fourth-order valence-electron chi connectivity index (χ4n) is 12.4.